The molecule has 0 radical (unpaired) electrons. The minimum Gasteiger partial charge on any atom is -0.494 e. The molecule has 0 saturated heterocycles. The van der Waals surface area contributed by atoms with Gasteiger partial charge in [-0.2, -0.15) is 0 Å². The summed E-state index contributed by atoms with van der Waals surface area (Å²) in [6.45, 7) is 0.514. The average Bonchev–Trinajstić information content (AvgIpc) is 2.68. The van der Waals surface area contributed by atoms with E-state index in [2.05, 4.69) is 0 Å². The Balaban J connectivity index is 1.85. The maximum absolute atomic E-state index is 11.7. The van der Waals surface area contributed by atoms with Gasteiger partial charge >= 0.3 is 11.9 Å². The highest BCUT2D eigenvalue weighted by atomic mass is 16.5. The summed E-state index contributed by atoms with van der Waals surface area (Å²) in [5.74, 6) is -1.31. The highest BCUT2D eigenvalue weighted by Crippen LogP contribution is 2.31. The van der Waals surface area contributed by atoms with E-state index in [-0.39, 0.29) is 26.1 Å². The van der Waals surface area contributed by atoms with Crippen LogP contribution in [0.4, 0.5) is 0 Å². The van der Waals surface area contributed by atoms with Gasteiger partial charge in [0.25, 0.3) is 0 Å². The van der Waals surface area contributed by atoms with Crippen LogP contribution >= 0.6 is 0 Å². The average molecular weight is 372 g/mol. The van der Waals surface area contributed by atoms with Gasteiger partial charge in [-0.3, -0.25) is 9.59 Å². The third kappa shape index (κ3) is 6.02. The molecule has 0 aliphatic rings. The molecule has 0 aliphatic heterocycles. The molecule has 0 unspecified atom stereocenters. The van der Waals surface area contributed by atoms with Crippen LogP contribution < -0.4 is 9.47 Å². The van der Waals surface area contributed by atoms with Crippen molar-refractivity contribution in [3.63, 3.8) is 0 Å². The van der Waals surface area contributed by atoms with Gasteiger partial charge in [-0.05, 0) is 49.9 Å². The molecule has 2 aromatic carbocycles. The topological polar surface area (TPSA) is 93.1 Å². The van der Waals surface area contributed by atoms with E-state index in [0.29, 0.717) is 24.3 Å². The first-order valence-corrected chi connectivity index (χ1v) is 8.87. The molecule has 6 nitrogen and oxygen atoms in total. The van der Waals surface area contributed by atoms with Gasteiger partial charge in [-0.15, -0.1) is 0 Å². The Kier molecular flexibility index (Phi) is 7.67. The number of benzene rings is 2. The van der Waals surface area contributed by atoms with Gasteiger partial charge in [0.2, 0.25) is 0 Å². The quantitative estimate of drug-likeness (QED) is 0.434. The molecule has 0 fully saturated rings. The van der Waals surface area contributed by atoms with E-state index in [1.54, 1.807) is 24.3 Å². The van der Waals surface area contributed by atoms with Crippen LogP contribution in [0.1, 0.15) is 25.7 Å². The molecule has 0 atom stereocenters. The van der Waals surface area contributed by atoms with Crippen LogP contribution in [0.2, 0.25) is 0 Å². The number of aliphatic carboxylic acids is 2. The summed E-state index contributed by atoms with van der Waals surface area (Å²) in [6, 6.07) is 18.2. The summed E-state index contributed by atoms with van der Waals surface area (Å²) in [7, 11) is 0. The highest BCUT2D eigenvalue weighted by molar-refractivity contribution is 5.98. The van der Waals surface area contributed by atoms with Crippen LogP contribution in [0, 0.1) is 5.41 Å². The monoisotopic (exact) mass is 372 g/mol. The van der Waals surface area contributed by atoms with Crippen LogP contribution in [0.3, 0.4) is 0 Å². The summed E-state index contributed by atoms with van der Waals surface area (Å²) in [5.41, 5.74) is -1.83. The molecule has 2 aromatic rings. The zero-order valence-corrected chi connectivity index (χ0v) is 15.0. The lowest BCUT2D eigenvalue weighted by molar-refractivity contribution is -0.166. The van der Waals surface area contributed by atoms with E-state index in [4.69, 9.17) is 9.47 Å². The molecule has 0 amide bonds. The smallest absolute Gasteiger partial charge is 0.321 e. The Bertz CT molecular complexity index is 650. The second-order valence-electron chi connectivity index (χ2n) is 6.22. The molecule has 0 aliphatic carbocycles. The minimum absolute atomic E-state index is 0.00413. The van der Waals surface area contributed by atoms with Crippen molar-refractivity contribution in [2.45, 2.75) is 25.7 Å². The lowest BCUT2D eigenvalue weighted by atomic mass is 9.79. The van der Waals surface area contributed by atoms with Gasteiger partial charge in [-0.25, -0.2) is 0 Å². The molecular weight excluding hydrogens is 348 g/mol. The molecule has 0 spiro atoms. The van der Waals surface area contributed by atoms with Gasteiger partial charge in [0, 0.05) is 0 Å². The van der Waals surface area contributed by atoms with E-state index in [1.807, 2.05) is 36.4 Å². The Labute approximate surface area is 158 Å². The third-order valence-corrected chi connectivity index (χ3v) is 4.34. The first kappa shape index (κ1) is 20.3. The lowest BCUT2D eigenvalue weighted by Crippen LogP contribution is -2.40. The predicted molar refractivity (Wildman–Crippen MR) is 100 cm³/mol. The number of ether oxygens (including phenoxy) is 2. The van der Waals surface area contributed by atoms with E-state index in [9.17, 15) is 19.8 Å². The molecule has 2 N–H and O–H groups in total. The number of hydrogen-bond acceptors (Lipinski definition) is 4. The maximum Gasteiger partial charge on any atom is 0.321 e. The van der Waals surface area contributed by atoms with Gasteiger partial charge in [0.1, 0.15) is 11.5 Å². The van der Waals surface area contributed by atoms with Crippen molar-refractivity contribution < 1.29 is 29.3 Å². The zero-order valence-electron chi connectivity index (χ0n) is 15.0. The normalized spacial score (nSPS) is 11.0. The van der Waals surface area contributed by atoms with Gasteiger partial charge in [0.05, 0.1) is 13.2 Å². The van der Waals surface area contributed by atoms with Crippen LogP contribution in [-0.4, -0.2) is 35.4 Å². The lowest BCUT2D eigenvalue weighted by Gasteiger charge is -2.25. The minimum atomic E-state index is -1.83. The number of carboxylic acid groups (broad SMARTS) is 2. The molecule has 27 heavy (non-hydrogen) atoms. The van der Waals surface area contributed by atoms with Gasteiger partial charge in [0.15, 0.2) is 5.41 Å². The molecule has 0 heterocycles. The SMILES string of the molecule is O=C(O)C(CCCOc1ccccc1)(CCCOc1ccccc1)C(=O)O. The summed E-state index contributed by atoms with van der Waals surface area (Å²) < 4.78 is 11.1. The standard InChI is InChI=1S/C21H24O6/c22-19(23)21(20(24)25,13-7-15-26-17-9-3-1-4-10-17)14-8-16-27-18-11-5-2-6-12-18/h1-6,9-12H,7-8,13-16H2,(H,22,23)(H,24,25). The van der Waals surface area contributed by atoms with Crippen LogP contribution in [0.25, 0.3) is 0 Å². The van der Waals surface area contributed by atoms with Crippen molar-refractivity contribution in [1.82, 2.24) is 0 Å². The van der Waals surface area contributed by atoms with E-state index < -0.39 is 17.4 Å². The highest BCUT2D eigenvalue weighted by Gasteiger charge is 2.45. The number of carbonyl (C=O) groups is 2. The second kappa shape index (κ2) is 10.2. The van der Waals surface area contributed by atoms with Crippen molar-refractivity contribution in [3.05, 3.63) is 60.7 Å². The number of para-hydroxylation sites is 2. The molecular formula is C21H24O6. The summed E-state index contributed by atoms with van der Waals surface area (Å²) >= 11 is 0. The molecule has 0 aromatic heterocycles. The first-order valence-electron chi connectivity index (χ1n) is 8.87. The van der Waals surface area contributed by atoms with Crippen molar-refractivity contribution in [2.75, 3.05) is 13.2 Å². The van der Waals surface area contributed by atoms with Crippen LogP contribution in [0.5, 0.6) is 11.5 Å². The molecule has 0 saturated carbocycles. The predicted octanol–water partition coefficient (Wildman–Crippen LogP) is 3.86. The van der Waals surface area contributed by atoms with Crippen molar-refractivity contribution >= 4 is 11.9 Å². The second-order valence-corrected chi connectivity index (χ2v) is 6.22. The van der Waals surface area contributed by atoms with E-state index in [1.165, 1.54) is 0 Å². The zero-order chi connectivity index (χ0) is 19.5. The first-order chi connectivity index (χ1) is 13.0. The Hall–Kier alpha value is -3.02. The summed E-state index contributed by atoms with van der Waals surface area (Å²) in [6.07, 6.45) is 0.645. The largest absolute Gasteiger partial charge is 0.494 e. The van der Waals surface area contributed by atoms with Crippen molar-refractivity contribution in [3.8, 4) is 11.5 Å². The van der Waals surface area contributed by atoms with E-state index >= 15 is 0 Å². The van der Waals surface area contributed by atoms with Crippen molar-refractivity contribution in [1.29, 1.82) is 0 Å². The molecule has 144 valence electrons. The Morgan fingerprint density at radius 1 is 0.704 bits per heavy atom. The molecule has 0 bridgehead atoms. The summed E-state index contributed by atoms with van der Waals surface area (Å²) in [4.78, 5) is 23.5. The fraction of sp³-hybridized carbons (Fsp3) is 0.333. The van der Waals surface area contributed by atoms with Gasteiger partial charge in [-0.1, -0.05) is 36.4 Å². The van der Waals surface area contributed by atoms with E-state index in [0.717, 1.165) is 0 Å². The number of hydrogen-bond donors (Lipinski definition) is 2. The van der Waals surface area contributed by atoms with Gasteiger partial charge < -0.3 is 19.7 Å². The Morgan fingerprint density at radius 3 is 1.41 bits per heavy atom. The van der Waals surface area contributed by atoms with Crippen LogP contribution in [0.15, 0.2) is 60.7 Å². The number of rotatable bonds is 12. The molecule has 6 heteroatoms. The summed E-state index contributed by atoms with van der Waals surface area (Å²) in [5, 5.41) is 19.1. The number of carboxylic acids is 2. The maximum atomic E-state index is 11.7. The Morgan fingerprint density at radius 2 is 1.07 bits per heavy atom. The van der Waals surface area contributed by atoms with Crippen molar-refractivity contribution in [2.24, 2.45) is 5.41 Å². The third-order valence-electron chi connectivity index (χ3n) is 4.34. The molecule has 2 rings (SSSR count). The van der Waals surface area contributed by atoms with Crippen LogP contribution in [-0.2, 0) is 9.59 Å². The fourth-order valence-electron chi connectivity index (χ4n) is 2.81. The fourth-order valence-corrected chi connectivity index (χ4v) is 2.81.